The number of nitrogens with zero attached hydrogens (tertiary/aromatic N) is 2. The van der Waals surface area contributed by atoms with Crippen molar-refractivity contribution in [1.29, 1.82) is 0 Å². The van der Waals surface area contributed by atoms with Gasteiger partial charge in [0.15, 0.2) is 12.0 Å². The molecule has 1 fully saturated rings. The van der Waals surface area contributed by atoms with Gasteiger partial charge in [-0.3, -0.25) is 0 Å². The summed E-state index contributed by atoms with van der Waals surface area (Å²) >= 11 is 0. The molecule has 2 heterocycles. The highest BCUT2D eigenvalue weighted by Crippen LogP contribution is 2.25. The van der Waals surface area contributed by atoms with Gasteiger partial charge in [-0.1, -0.05) is 6.07 Å². The number of benzene rings is 1. The van der Waals surface area contributed by atoms with Gasteiger partial charge in [-0.25, -0.2) is 4.98 Å². The second-order valence-electron chi connectivity index (χ2n) is 3.71. The number of aromatic nitrogens is 1. The lowest BCUT2D eigenvalue weighted by molar-refractivity contribution is 0.590. The smallest absolute Gasteiger partial charge is 0.182 e. The Hall–Kier alpha value is -1.55. The maximum atomic E-state index is 5.30. The summed E-state index contributed by atoms with van der Waals surface area (Å²) in [6.45, 7) is 4.14. The molecule has 1 N–H and O–H groups in total. The van der Waals surface area contributed by atoms with E-state index in [4.69, 9.17) is 4.42 Å². The van der Waals surface area contributed by atoms with Crippen LogP contribution < -0.4 is 10.2 Å². The normalized spacial score (nSPS) is 17.2. The van der Waals surface area contributed by atoms with Crippen LogP contribution in [0.2, 0.25) is 0 Å². The van der Waals surface area contributed by atoms with Crippen LogP contribution in [0.5, 0.6) is 0 Å². The van der Waals surface area contributed by atoms with Gasteiger partial charge >= 0.3 is 0 Å². The first-order chi connectivity index (χ1) is 7.45. The van der Waals surface area contributed by atoms with Crippen molar-refractivity contribution in [1.82, 2.24) is 10.3 Å². The van der Waals surface area contributed by atoms with Crippen molar-refractivity contribution in [3.8, 4) is 0 Å². The van der Waals surface area contributed by atoms with E-state index in [9.17, 15) is 0 Å². The van der Waals surface area contributed by atoms with Gasteiger partial charge in [-0.15, -0.1) is 0 Å². The van der Waals surface area contributed by atoms with Crippen LogP contribution in [0.3, 0.4) is 0 Å². The standard InChI is InChI=1S/C11H13N3O/c1-2-9(14-6-4-12-5-7-14)11-10(3-1)15-8-13-11/h1-3,8,12H,4-7H2. The minimum atomic E-state index is 0.867. The Bertz CT molecular complexity index is 460. The van der Waals surface area contributed by atoms with Crippen LogP contribution in [0.4, 0.5) is 5.69 Å². The molecule has 1 aromatic carbocycles. The molecule has 1 aliphatic rings. The van der Waals surface area contributed by atoms with Gasteiger partial charge in [0.05, 0.1) is 5.69 Å². The molecule has 0 atom stereocenters. The third-order valence-electron chi connectivity index (χ3n) is 2.80. The van der Waals surface area contributed by atoms with Crippen LogP contribution in [0, 0.1) is 0 Å². The lowest BCUT2D eigenvalue weighted by Crippen LogP contribution is -2.43. The molecule has 4 nitrogen and oxygen atoms in total. The van der Waals surface area contributed by atoms with E-state index in [1.807, 2.05) is 12.1 Å². The molecule has 15 heavy (non-hydrogen) atoms. The van der Waals surface area contributed by atoms with Crippen LogP contribution >= 0.6 is 0 Å². The third-order valence-corrected chi connectivity index (χ3v) is 2.80. The van der Waals surface area contributed by atoms with Crippen LogP contribution in [0.15, 0.2) is 29.0 Å². The molecular weight excluding hydrogens is 190 g/mol. The van der Waals surface area contributed by atoms with Crippen LogP contribution in [-0.2, 0) is 0 Å². The Labute approximate surface area is 87.9 Å². The van der Waals surface area contributed by atoms with Gasteiger partial charge in [0.2, 0.25) is 0 Å². The second-order valence-corrected chi connectivity index (χ2v) is 3.71. The molecule has 0 bridgehead atoms. The summed E-state index contributed by atoms with van der Waals surface area (Å²) in [7, 11) is 0. The Morgan fingerprint density at radius 3 is 3.00 bits per heavy atom. The average molecular weight is 203 g/mol. The van der Waals surface area contributed by atoms with E-state index in [0.717, 1.165) is 37.3 Å². The van der Waals surface area contributed by atoms with Gasteiger partial charge in [0.25, 0.3) is 0 Å². The van der Waals surface area contributed by atoms with E-state index >= 15 is 0 Å². The van der Waals surface area contributed by atoms with Crippen molar-refractivity contribution in [2.45, 2.75) is 0 Å². The Balaban J connectivity index is 2.05. The molecule has 2 aromatic rings. The van der Waals surface area contributed by atoms with E-state index in [0.29, 0.717) is 0 Å². The molecule has 4 heteroatoms. The van der Waals surface area contributed by atoms with E-state index in [-0.39, 0.29) is 0 Å². The maximum Gasteiger partial charge on any atom is 0.182 e. The summed E-state index contributed by atoms with van der Waals surface area (Å²) < 4.78 is 5.30. The van der Waals surface area contributed by atoms with Crippen LogP contribution in [-0.4, -0.2) is 31.2 Å². The molecule has 1 saturated heterocycles. The fraction of sp³-hybridized carbons (Fsp3) is 0.364. The molecule has 0 amide bonds. The lowest BCUT2D eigenvalue weighted by atomic mass is 10.2. The molecule has 0 radical (unpaired) electrons. The van der Waals surface area contributed by atoms with Crippen LogP contribution in [0.25, 0.3) is 11.1 Å². The first-order valence-electron chi connectivity index (χ1n) is 5.23. The fourth-order valence-corrected chi connectivity index (χ4v) is 2.03. The summed E-state index contributed by atoms with van der Waals surface area (Å²) in [6.07, 6.45) is 1.51. The van der Waals surface area contributed by atoms with Gasteiger partial charge in [-0.2, -0.15) is 0 Å². The summed E-state index contributed by atoms with van der Waals surface area (Å²) in [5, 5.41) is 3.34. The average Bonchev–Trinajstić information content (AvgIpc) is 2.78. The first kappa shape index (κ1) is 8.73. The molecular formula is C11H13N3O. The van der Waals surface area contributed by atoms with E-state index in [1.165, 1.54) is 12.1 Å². The third kappa shape index (κ3) is 1.47. The predicted octanol–water partition coefficient (Wildman–Crippen LogP) is 1.24. The molecule has 0 unspecified atom stereocenters. The van der Waals surface area contributed by atoms with Crippen molar-refractivity contribution < 1.29 is 4.42 Å². The Morgan fingerprint density at radius 2 is 2.13 bits per heavy atom. The van der Waals surface area contributed by atoms with Crippen molar-refractivity contribution in [2.24, 2.45) is 0 Å². The van der Waals surface area contributed by atoms with Gasteiger partial charge in [-0.05, 0) is 12.1 Å². The summed E-state index contributed by atoms with van der Waals surface area (Å²) in [6, 6.07) is 6.08. The van der Waals surface area contributed by atoms with E-state index in [2.05, 4.69) is 21.3 Å². The number of rotatable bonds is 1. The zero-order valence-corrected chi connectivity index (χ0v) is 8.44. The highest BCUT2D eigenvalue weighted by atomic mass is 16.3. The topological polar surface area (TPSA) is 41.3 Å². The number of oxazole rings is 1. The van der Waals surface area contributed by atoms with Gasteiger partial charge in [0.1, 0.15) is 5.52 Å². The highest BCUT2D eigenvalue weighted by Gasteiger charge is 2.14. The van der Waals surface area contributed by atoms with Crippen molar-refractivity contribution >= 4 is 16.8 Å². The Morgan fingerprint density at radius 1 is 1.27 bits per heavy atom. The maximum absolute atomic E-state index is 5.30. The first-order valence-corrected chi connectivity index (χ1v) is 5.23. The molecule has 1 aromatic heterocycles. The molecule has 0 saturated carbocycles. The number of para-hydroxylation sites is 1. The monoisotopic (exact) mass is 203 g/mol. The van der Waals surface area contributed by atoms with Crippen molar-refractivity contribution in [3.05, 3.63) is 24.6 Å². The zero-order chi connectivity index (χ0) is 10.1. The number of hydrogen-bond acceptors (Lipinski definition) is 4. The SMILES string of the molecule is c1cc(N2CCNCC2)c2ncoc2c1. The van der Waals surface area contributed by atoms with Crippen LogP contribution in [0.1, 0.15) is 0 Å². The minimum absolute atomic E-state index is 0.867. The largest absolute Gasteiger partial charge is 0.443 e. The summed E-state index contributed by atoms with van der Waals surface area (Å²) in [4.78, 5) is 6.61. The molecule has 78 valence electrons. The van der Waals surface area contributed by atoms with E-state index in [1.54, 1.807) is 0 Å². The molecule has 0 spiro atoms. The summed E-state index contributed by atoms with van der Waals surface area (Å²) in [5.41, 5.74) is 3.02. The molecule has 1 aliphatic heterocycles. The van der Waals surface area contributed by atoms with Crippen molar-refractivity contribution in [2.75, 3.05) is 31.1 Å². The lowest BCUT2D eigenvalue weighted by Gasteiger charge is -2.29. The molecule has 0 aliphatic carbocycles. The van der Waals surface area contributed by atoms with Crippen molar-refractivity contribution in [3.63, 3.8) is 0 Å². The number of piperazine rings is 1. The number of hydrogen-bond donors (Lipinski definition) is 1. The van der Waals surface area contributed by atoms with E-state index < -0.39 is 0 Å². The quantitative estimate of drug-likeness (QED) is 0.757. The number of anilines is 1. The molecule has 3 rings (SSSR count). The minimum Gasteiger partial charge on any atom is -0.443 e. The number of fused-ring (bicyclic) bond motifs is 1. The highest BCUT2D eigenvalue weighted by molar-refractivity contribution is 5.87. The van der Waals surface area contributed by atoms with Gasteiger partial charge in [0, 0.05) is 26.2 Å². The second kappa shape index (κ2) is 3.55. The summed E-state index contributed by atoms with van der Waals surface area (Å²) in [5.74, 6) is 0. The predicted molar refractivity (Wildman–Crippen MR) is 59.1 cm³/mol. The fourth-order valence-electron chi connectivity index (χ4n) is 2.03. The zero-order valence-electron chi connectivity index (χ0n) is 8.44. The Kier molecular flexibility index (Phi) is 2.07. The number of nitrogens with one attached hydrogen (secondary N) is 1. The van der Waals surface area contributed by atoms with Gasteiger partial charge < -0.3 is 14.6 Å².